The second kappa shape index (κ2) is 6.31. The first-order valence-electron chi connectivity index (χ1n) is 6.67. The van der Waals surface area contributed by atoms with Gasteiger partial charge in [-0.15, -0.1) is 0 Å². The fourth-order valence-electron chi connectivity index (χ4n) is 2.36. The van der Waals surface area contributed by atoms with Crippen LogP contribution in [0.4, 0.5) is 0 Å². The lowest BCUT2D eigenvalue weighted by Crippen LogP contribution is -2.42. The minimum absolute atomic E-state index is 0.0225. The number of sulfonamides is 1. The summed E-state index contributed by atoms with van der Waals surface area (Å²) in [6.07, 6.45) is 4.23. The van der Waals surface area contributed by atoms with Gasteiger partial charge < -0.3 is 5.32 Å². The zero-order valence-electron chi connectivity index (χ0n) is 11.4. The summed E-state index contributed by atoms with van der Waals surface area (Å²) >= 11 is 0. The van der Waals surface area contributed by atoms with Crippen LogP contribution in [0.15, 0.2) is 23.4 Å². The van der Waals surface area contributed by atoms with Crippen molar-refractivity contribution < 1.29 is 8.42 Å². The largest absolute Gasteiger partial charge is 0.315 e. The maximum absolute atomic E-state index is 12.7. The highest BCUT2D eigenvalue weighted by Crippen LogP contribution is 2.21. The van der Waals surface area contributed by atoms with Crippen LogP contribution in [0.2, 0.25) is 0 Å². The highest BCUT2D eigenvalue weighted by molar-refractivity contribution is 7.89. The lowest BCUT2D eigenvalue weighted by atomic mass is 10.2. The molecule has 0 radical (unpaired) electrons. The van der Waals surface area contributed by atoms with Crippen LogP contribution < -0.4 is 5.32 Å². The zero-order valence-corrected chi connectivity index (χ0v) is 12.2. The Hall–Kier alpha value is -1.49. The van der Waals surface area contributed by atoms with Crippen LogP contribution in [0.3, 0.4) is 0 Å². The third-order valence-corrected chi connectivity index (χ3v) is 5.25. The normalized spacial score (nSPS) is 19.1. The molecule has 1 aliphatic rings. The molecule has 0 saturated carbocycles. The van der Waals surface area contributed by atoms with Crippen molar-refractivity contribution in [3.05, 3.63) is 24.0 Å². The first-order valence-corrected chi connectivity index (χ1v) is 8.11. The van der Waals surface area contributed by atoms with Crippen LogP contribution in [0, 0.1) is 11.3 Å². The summed E-state index contributed by atoms with van der Waals surface area (Å²) in [4.78, 5) is 3.94. The Balaban J connectivity index is 2.36. The number of hydrogen-bond acceptors (Lipinski definition) is 5. The SMILES string of the molecule is CCCN(C1CCNC1)S(=O)(=O)c1cncc(C#N)c1. The topological polar surface area (TPSA) is 86.1 Å². The molecule has 7 heteroatoms. The van der Waals surface area contributed by atoms with E-state index >= 15 is 0 Å². The van der Waals surface area contributed by atoms with Crippen LogP contribution >= 0.6 is 0 Å². The van der Waals surface area contributed by atoms with E-state index in [4.69, 9.17) is 5.26 Å². The van der Waals surface area contributed by atoms with E-state index in [1.54, 1.807) is 0 Å². The Kier molecular flexibility index (Phi) is 4.70. The monoisotopic (exact) mass is 294 g/mol. The zero-order chi connectivity index (χ0) is 14.6. The molecule has 0 bridgehead atoms. The van der Waals surface area contributed by atoms with Crippen LogP contribution in [-0.4, -0.2) is 43.4 Å². The van der Waals surface area contributed by atoms with Crippen LogP contribution in [0.5, 0.6) is 0 Å². The first kappa shape index (κ1) is 14.9. The molecule has 108 valence electrons. The summed E-state index contributed by atoms with van der Waals surface area (Å²) in [7, 11) is -3.60. The molecule has 6 nitrogen and oxygen atoms in total. The third-order valence-electron chi connectivity index (χ3n) is 3.33. The maximum Gasteiger partial charge on any atom is 0.244 e. The number of nitriles is 1. The second-order valence-corrected chi connectivity index (χ2v) is 6.67. The van der Waals surface area contributed by atoms with Gasteiger partial charge in [0, 0.05) is 31.5 Å². The van der Waals surface area contributed by atoms with Crippen molar-refractivity contribution >= 4 is 10.0 Å². The fourth-order valence-corrected chi connectivity index (χ4v) is 4.10. The Morgan fingerprint density at radius 2 is 2.35 bits per heavy atom. The van der Waals surface area contributed by atoms with Crippen LogP contribution in [0.25, 0.3) is 0 Å². The second-order valence-electron chi connectivity index (χ2n) is 4.78. The Bertz CT molecular complexity index is 603. The number of aromatic nitrogens is 1. The molecule has 0 spiro atoms. The van der Waals surface area contributed by atoms with Crippen molar-refractivity contribution in [1.82, 2.24) is 14.6 Å². The minimum Gasteiger partial charge on any atom is -0.315 e. The van der Waals surface area contributed by atoms with Crippen LogP contribution in [-0.2, 0) is 10.0 Å². The summed E-state index contributed by atoms with van der Waals surface area (Å²) in [6, 6.07) is 3.28. The smallest absolute Gasteiger partial charge is 0.244 e. The molecular weight excluding hydrogens is 276 g/mol. The van der Waals surface area contributed by atoms with Crippen molar-refractivity contribution in [2.45, 2.75) is 30.7 Å². The summed E-state index contributed by atoms with van der Waals surface area (Å²) in [5.74, 6) is 0. The summed E-state index contributed by atoms with van der Waals surface area (Å²) < 4.78 is 27.0. The Morgan fingerprint density at radius 3 is 2.95 bits per heavy atom. The molecule has 0 aromatic carbocycles. The van der Waals surface area contributed by atoms with Gasteiger partial charge in [0.1, 0.15) is 11.0 Å². The number of rotatable bonds is 5. The van der Waals surface area contributed by atoms with Gasteiger partial charge in [0.2, 0.25) is 10.0 Å². The van der Waals surface area contributed by atoms with Gasteiger partial charge in [-0.3, -0.25) is 4.98 Å². The number of nitrogens with one attached hydrogen (secondary N) is 1. The number of hydrogen-bond donors (Lipinski definition) is 1. The van der Waals surface area contributed by atoms with Gasteiger partial charge in [0.05, 0.1) is 5.56 Å². The molecule has 1 atom stereocenters. The lowest BCUT2D eigenvalue weighted by Gasteiger charge is -2.27. The first-order chi connectivity index (χ1) is 9.59. The lowest BCUT2D eigenvalue weighted by molar-refractivity contribution is 0.335. The molecule has 1 N–H and O–H groups in total. The van der Waals surface area contributed by atoms with E-state index in [0.29, 0.717) is 13.1 Å². The molecular formula is C13H18N4O2S. The average molecular weight is 294 g/mol. The molecule has 20 heavy (non-hydrogen) atoms. The van der Waals surface area contributed by atoms with E-state index in [2.05, 4.69) is 10.3 Å². The van der Waals surface area contributed by atoms with Crippen molar-refractivity contribution in [1.29, 1.82) is 5.26 Å². The Labute approximate surface area is 119 Å². The van der Waals surface area contributed by atoms with E-state index in [9.17, 15) is 8.42 Å². The van der Waals surface area contributed by atoms with E-state index in [0.717, 1.165) is 19.4 Å². The maximum atomic E-state index is 12.7. The van der Waals surface area contributed by atoms with Gasteiger partial charge in [-0.05, 0) is 25.5 Å². The Morgan fingerprint density at radius 1 is 1.55 bits per heavy atom. The van der Waals surface area contributed by atoms with Gasteiger partial charge in [0.15, 0.2) is 0 Å². The molecule has 1 fully saturated rings. The van der Waals surface area contributed by atoms with Gasteiger partial charge in [-0.1, -0.05) is 6.92 Å². The molecule has 1 unspecified atom stereocenters. The van der Waals surface area contributed by atoms with Crippen molar-refractivity contribution in [3.8, 4) is 6.07 Å². The molecule has 1 saturated heterocycles. The van der Waals surface area contributed by atoms with Gasteiger partial charge in [0.25, 0.3) is 0 Å². The van der Waals surface area contributed by atoms with Gasteiger partial charge >= 0.3 is 0 Å². The van der Waals surface area contributed by atoms with Crippen molar-refractivity contribution in [2.75, 3.05) is 19.6 Å². The van der Waals surface area contributed by atoms with Crippen molar-refractivity contribution in [2.24, 2.45) is 0 Å². The molecule has 2 rings (SSSR count). The van der Waals surface area contributed by atoms with E-state index in [-0.39, 0.29) is 16.5 Å². The van der Waals surface area contributed by atoms with E-state index in [1.807, 2.05) is 13.0 Å². The molecule has 1 aromatic rings. The van der Waals surface area contributed by atoms with Crippen molar-refractivity contribution in [3.63, 3.8) is 0 Å². The quantitative estimate of drug-likeness (QED) is 0.864. The van der Waals surface area contributed by atoms with E-state index in [1.165, 1.54) is 22.8 Å². The molecule has 1 aromatic heterocycles. The highest BCUT2D eigenvalue weighted by atomic mass is 32.2. The van der Waals surface area contributed by atoms with Gasteiger partial charge in [-0.25, -0.2) is 8.42 Å². The molecule has 0 aliphatic carbocycles. The predicted octanol–water partition coefficient (Wildman–Crippen LogP) is 0.716. The standard InChI is InChI=1S/C13H18N4O2S/c1-2-5-17(12-3-4-15-9-12)20(18,19)13-6-11(7-14)8-16-10-13/h6,8,10,12,15H,2-5,9H2,1H3. The highest BCUT2D eigenvalue weighted by Gasteiger charge is 2.32. The van der Waals surface area contributed by atoms with E-state index < -0.39 is 10.0 Å². The summed E-state index contributed by atoms with van der Waals surface area (Å²) in [5.41, 5.74) is 0.257. The minimum atomic E-state index is -3.60. The molecule has 2 heterocycles. The predicted molar refractivity (Wildman–Crippen MR) is 74.4 cm³/mol. The summed E-state index contributed by atoms with van der Waals surface area (Å²) in [5, 5.41) is 12.1. The van der Waals surface area contributed by atoms with Crippen LogP contribution in [0.1, 0.15) is 25.3 Å². The van der Waals surface area contributed by atoms with Gasteiger partial charge in [-0.2, -0.15) is 9.57 Å². The molecule has 0 amide bonds. The average Bonchev–Trinajstić information content (AvgIpc) is 2.98. The molecule has 1 aliphatic heterocycles. The number of pyridine rings is 1. The summed E-state index contributed by atoms with van der Waals surface area (Å²) in [6.45, 7) is 3.93. The third kappa shape index (κ3) is 2.98. The number of nitrogens with zero attached hydrogens (tertiary/aromatic N) is 3. The fraction of sp³-hybridized carbons (Fsp3) is 0.538.